The summed E-state index contributed by atoms with van der Waals surface area (Å²) in [5.74, 6) is 0.272. The summed E-state index contributed by atoms with van der Waals surface area (Å²) in [6, 6.07) is 4.68. The molecule has 1 amide bonds. The van der Waals surface area contributed by atoms with Crippen LogP contribution in [0, 0.1) is 5.92 Å². The SMILES string of the molecule is COc1ccc(S(=O)(=O)N2CCCCC2)cc1NC(=O)C1CCCN(C)C1. The zero-order valence-electron chi connectivity index (χ0n) is 16.1. The number of hydrogen-bond acceptors (Lipinski definition) is 5. The number of rotatable bonds is 5. The van der Waals surface area contributed by atoms with Gasteiger partial charge in [-0.3, -0.25) is 4.79 Å². The van der Waals surface area contributed by atoms with Crippen LogP contribution in [-0.2, 0) is 14.8 Å². The number of benzene rings is 1. The standard InChI is InChI=1S/C19H29N3O4S/c1-21-10-6-7-15(14-21)19(23)20-17-13-16(8-9-18(17)26-2)27(24,25)22-11-4-3-5-12-22/h8-9,13,15H,3-7,10-12,14H2,1-2H3,(H,20,23). The van der Waals surface area contributed by atoms with Crippen molar-refractivity contribution in [1.82, 2.24) is 9.21 Å². The molecule has 3 rings (SSSR count). The van der Waals surface area contributed by atoms with Gasteiger partial charge in [-0.05, 0) is 57.5 Å². The molecular weight excluding hydrogens is 366 g/mol. The van der Waals surface area contributed by atoms with E-state index < -0.39 is 10.0 Å². The highest BCUT2D eigenvalue weighted by molar-refractivity contribution is 7.89. The van der Waals surface area contributed by atoms with Crippen LogP contribution in [0.5, 0.6) is 5.75 Å². The highest BCUT2D eigenvalue weighted by atomic mass is 32.2. The first-order valence-corrected chi connectivity index (χ1v) is 11.0. The number of hydrogen-bond donors (Lipinski definition) is 1. The molecule has 1 aromatic rings. The molecule has 2 fully saturated rings. The molecule has 2 aliphatic rings. The number of sulfonamides is 1. The van der Waals surface area contributed by atoms with E-state index in [4.69, 9.17) is 4.74 Å². The van der Waals surface area contributed by atoms with Gasteiger partial charge in [-0.15, -0.1) is 0 Å². The fourth-order valence-corrected chi connectivity index (χ4v) is 5.36. The number of methoxy groups -OCH3 is 1. The molecule has 0 radical (unpaired) electrons. The van der Waals surface area contributed by atoms with E-state index in [1.807, 2.05) is 7.05 Å². The largest absolute Gasteiger partial charge is 0.495 e. The van der Waals surface area contributed by atoms with Crippen molar-refractivity contribution in [2.75, 3.05) is 45.7 Å². The van der Waals surface area contributed by atoms with E-state index in [0.717, 1.165) is 38.6 Å². The van der Waals surface area contributed by atoms with E-state index in [-0.39, 0.29) is 16.7 Å². The Morgan fingerprint density at radius 2 is 1.89 bits per heavy atom. The van der Waals surface area contributed by atoms with Crippen molar-refractivity contribution in [3.63, 3.8) is 0 Å². The van der Waals surface area contributed by atoms with Gasteiger partial charge in [-0.25, -0.2) is 8.42 Å². The zero-order chi connectivity index (χ0) is 19.4. The number of nitrogens with zero attached hydrogens (tertiary/aromatic N) is 2. The summed E-state index contributed by atoms with van der Waals surface area (Å²) in [6.45, 7) is 2.80. The molecule has 2 saturated heterocycles. The van der Waals surface area contributed by atoms with Crippen LogP contribution in [0.25, 0.3) is 0 Å². The number of nitrogens with one attached hydrogen (secondary N) is 1. The summed E-state index contributed by atoms with van der Waals surface area (Å²) in [5.41, 5.74) is 0.411. The van der Waals surface area contributed by atoms with Crippen molar-refractivity contribution in [3.05, 3.63) is 18.2 Å². The van der Waals surface area contributed by atoms with Crippen molar-refractivity contribution in [2.24, 2.45) is 5.92 Å². The lowest BCUT2D eigenvalue weighted by molar-refractivity contribution is -0.121. The third-order valence-electron chi connectivity index (χ3n) is 5.38. The molecule has 0 aromatic heterocycles. The Kier molecular flexibility index (Phi) is 6.39. The molecule has 27 heavy (non-hydrogen) atoms. The van der Waals surface area contributed by atoms with Gasteiger partial charge in [-0.1, -0.05) is 6.42 Å². The Morgan fingerprint density at radius 1 is 1.15 bits per heavy atom. The minimum absolute atomic E-state index is 0.0904. The van der Waals surface area contributed by atoms with Crippen LogP contribution in [-0.4, -0.2) is 63.9 Å². The monoisotopic (exact) mass is 395 g/mol. The van der Waals surface area contributed by atoms with Crippen molar-refractivity contribution < 1.29 is 17.9 Å². The number of carbonyl (C=O) groups is 1. The fraction of sp³-hybridized carbons (Fsp3) is 0.632. The van der Waals surface area contributed by atoms with Gasteiger partial charge in [0, 0.05) is 19.6 Å². The molecule has 8 heteroatoms. The zero-order valence-corrected chi connectivity index (χ0v) is 16.9. The topological polar surface area (TPSA) is 79.0 Å². The Bertz CT molecular complexity index is 775. The average Bonchev–Trinajstić information content (AvgIpc) is 2.68. The summed E-state index contributed by atoms with van der Waals surface area (Å²) in [7, 11) is -0.0428. The molecule has 2 heterocycles. The minimum atomic E-state index is -3.56. The molecule has 1 atom stereocenters. The van der Waals surface area contributed by atoms with Gasteiger partial charge in [-0.2, -0.15) is 4.31 Å². The summed E-state index contributed by atoms with van der Waals surface area (Å²) < 4.78 is 32.7. The van der Waals surface area contributed by atoms with Crippen LogP contribution >= 0.6 is 0 Å². The second-order valence-electron chi connectivity index (χ2n) is 7.42. The van der Waals surface area contributed by atoms with E-state index in [0.29, 0.717) is 31.1 Å². The summed E-state index contributed by atoms with van der Waals surface area (Å²) in [6.07, 6.45) is 4.65. The number of piperidine rings is 2. The number of ether oxygens (including phenoxy) is 1. The van der Waals surface area contributed by atoms with Crippen LogP contribution in [0.4, 0.5) is 5.69 Å². The first-order valence-electron chi connectivity index (χ1n) is 9.59. The number of anilines is 1. The maximum atomic E-state index is 12.9. The molecule has 1 N–H and O–H groups in total. The Hall–Kier alpha value is -1.64. The molecule has 2 aliphatic heterocycles. The highest BCUT2D eigenvalue weighted by Gasteiger charge is 2.28. The molecule has 150 valence electrons. The average molecular weight is 396 g/mol. The molecule has 1 unspecified atom stereocenters. The molecule has 0 aliphatic carbocycles. The Morgan fingerprint density at radius 3 is 2.56 bits per heavy atom. The fourth-order valence-electron chi connectivity index (χ4n) is 3.81. The lowest BCUT2D eigenvalue weighted by Gasteiger charge is -2.29. The van der Waals surface area contributed by atoms with Crippen molar-refractivity contribution in [2.45, 2.75) is 37.0 Å². The molecule has 0 spiro atoms. The highest BCUT2D eigenvalue weighted by Crippen LogP contribution is 2.31. The van der Waals surface area contributed by atoms with Crippen molar-refractivity contribution >= 4 is 21.6 Å². The van der Waals surface area contributed by atoms with E-state index in [2.05, 4.69) is 10.2 Å². The predicted octanol–water partition coefficient (Wildman–Crippen LogP) is 2.15. The molecule has 0 bridgehead atoms. The van der Waals surface area contributed by atoms with Gasteiger partial charge < -0.3 is 15.0 Å². The summed E-state index contributed by atoms with van der Waals surface area (Å²) >= 11 is 0. The van der Waals surface area contributed by atoms with Gasteiger partial charge >= 0.3 is 0 Å². The van der Waals surface area contributed by atoms with Crippen LogP contribution in [0.1, 0.15) is 32.1 Å². The maximum Gasteiger partial charge on any atom is 0.243 e. The van der Waals surface area contributed by atoms with Gasteiger partial charge in [0.1, 0.15) is 5.75 Å². The van der Waals surface area contributed by atoms with E-state index in [1.54, 1.807) is 12.1 Å². The third kappa shape index (κ3) is 4.62. The second kappa shape index (κ2) is 8.58. The minimum Gasteiger partial charge on any atom is -0.495 e. The maximum absolute atomic E-state index is 12.9. The van der Waals surface area contributed by atoms with Gasteiger partial charge in [0.25, 0.3) is 0 Å². The van der Waals surface area contributed by atoms with Crippen LogP contribution in [0.15, 0.2) is 23.1 Å². The van der Waals surface area contributed by atoms with Crippen LogP contribution in [0.3, 0.4) is 0 Å². The van der Waals surface area contributed by atoms with Crippen molar-refractivity contribution in [1.29, 1.82) is 0 Å². The Labute approximate surface area is 161 Å². The second-order valence-corrected chi connectivity index (χ2v) is 9.36. The quantitative estimate of drug-likeness (QED) is 0.826. The first kappa shape index (κ1) is 20.1. The van der Waals surface area contributed by atoms with Gasteiger partial charge in [0.05, 0.1) is 23.6 Å². The third-order valence-corrected chi connectivity index (χ3v) is 7.27. The number of carbonyl (C=O) groups excluding carboxylic acids is 1. The van der Waals surface area contributed by atoms with Crippen LogP contribution in [0.2, 0.25) is 0 Å². The Balaban J connectivity index is 1.82. The number of likely N-dealkylation sites (tertiary alicyclic amines) is 1. The lowest BCUT2D eigenvalue weighted by Crippen LogP contribution is -2.38. The van der Waals surface area contributed by atoms with Crippen LogP contribution < -0.4 is 10.1 Å². The summed E-state index contributed by atoms with van der Waals surface area (Å²) in [5, 5.41) is 2.89. The van der Waals surface area contributed by atoms with Gasteiger partial charge in [0.2, 0.25) is 15.9 Å². The molecule has 0 saturated carbocycles. The van der Waals surface area contributed by atoms with E-state index in [9.17, 15) is 13.2 Å². The van der Waals surface area contributed by atoms with E-state index >= 15 is 0 Å². The normalized spacial score (nSPS) is 22.4. The van der Waals surface area contributed by atoms with Crippen molar-refractivity contribution in [3.8, 4) is 5.75 Å². The van der Waals surface area contributed by atoms with Gasteiger partial charge in [0.15, 0.2) is 0 Å². The lowest BCUT2D eigenvalue weighted by atomic mass is 9.97. The first-order chi connectivity index (χ1) is 12.9. The summed E-state index contributed by atoms with van der Waals surface area (Å²) in [4.78, 5) is 15.0. The molecular formula is C19H29N3O4S. The number of amides is 1. The predicted molar refractivity (Wildman–Crippen MR) is 104 cm³/mol. The smallest absolute Gasteiger partial charge is 0.243 e. The molecule has 7 nitrogen and oxygen atoms in total. The van der Waals surface area contributed by atoms with E-state index in [1.165, 1.54) is 17.5 Å². The molecule has 1 aromatic carbocycles.